The zero-order chi connectivity index (χ0) is 23.2. The van der Waals surface area contributed by atoms with Crippen LogP contribution in [-0.4, -0.2) is 26.3 Å². The van der Waals surface area contributed by atoms with Crippen LogP contribution in [0, 0.1) is 0 Å². The van der Waals surface area contributed by atoms with Crippen LogP contribution >= 0.6 is 15.9 Å². The summed E-state index contributed by atoms with van der Waals surface area (Å²) in [5.41, 5.74) is 12.8. The first kappa shape index (κ1) is 24.8. The highest BCUT2D eigenvalue weighted by atomic mass is 79.9. The molecule has 0 spiro atoms. The van der Waals surface area contributed by atoms with E-state index >= 15 is 0 Å². The van der Waals surface area contributed by atoms with Crippen LogP contribution in [0.3, 0.4) is 0 Å². The van der Waals surface area contributed by atoms with Crippen LogP contribution in [0.4, 0.5) is 5.69 Å². The van der Waals surface area contributed by atoms with Crippen LogP contribution in [0.25, 0.3) is 0 Å². The molecule has 2 rings (SSSR count). The van der Waals surface area contributed by atoms with Gasteiger partial charge in [-0.25, -0.2) is 13.1 Å². The molecule has 0 bridgehead atoms. The molecular formula is C21H27BrN4O4S. The van der Waals surface area contributed by atoms with Crippen molar-refractivity contribution in [2.24, 2.45) is 5.73 Å². The van der Waals surface area contributed by atoms with Crippen molar-refractivity contribution in [3.63, 3.8) is 0 Å². The summed E-state index contributed by atoms with van der Waals surface area (Å²) in [5.74, 6) is -1.26. The quantitative estimate of drug-likeness (QED) is 0.362. The normalized spacial score (nSPS) is 13.4. The number of primary amides is 1. The van der Waals surface area contributed by atoms with Crippen molar-refractivity contribution in [2.45, 2.75) is 50.1 Å². The van der Waals surface area contributed by atoms with E-state index < -0.39 is 33.9 Å². The van der Waals surface area contributed by atoms with Gasteiger partial charge in [0.2, 0.25) is 21.8 Å². The maximum Gasteiger partial charge on any atom is 0.242 e. The predicted octanol–water partition coefficient (Wildman–Crippen LogP) is 2.38. The Morgan fingerprint density at radius 1 is 1.10 bits per heavy atom. The van der Waals surface area contributed by atoms with Crippen molar-refractivity contribution in [3.8, 4) is 0 Å². The molecule has 2 aromatic carbocycles. The van der Waals surface area contributed by atoms with E-state index in [-0.39, 0.29) is 11.3 Å². The van der Waals surface area contributed by atoms with E-state index in [1.807, 2.05) is 13.8 Å². The molecule has 31 heavy (non-hydrogen) atoms. The second-order valence-corrected chi connectivity index (χ2v) is 9.67. The van der Waals surface area contributed by atoms with Gasteiger partial charge in [0.05, 0.1) is 10.9 Å². The molecule has 0 saturated carbocycles. The van der Waals surface area contributed by atoms with Gasteiger partial charge in [0.1, 0.15) is 6.04 Å². The van der Waals surface area contributed by atoms with E-state index in [1.165, 1.54) is 6.07 Å². The Morgan fingerprint density at radius 3 is 2.29 bits per heavy atom. The van der Waals surface area contributed by atoms with Gasteiger partial charge in [0.15, 0.2) is 0 Å². The fourth-order valence-electron chi connectivity index (χ4n) is 3.14. The number of halogens is 1. The minimum atomic E-state index is -4.07. The Bertz CT molecular complexity index is 1040. The predicted molar refractivity (Wildman–Crippen MR) is 123 cm³/mol. The lowest BCUT2D eigenvalue weighted by Crippen LogP contribution is -2.53. The summed E-state index contributed by atoms with van der Waals surface area (Å²) >= 11 is 3.35. The average molecular weight is 511 g/mol. The fraction of sp³-hybridized carbons (Fsp3) is 0.333. The number of nitrogens with two attached hydrogens (primary N) is 2. The standard InChI is InChI=1S/C21H27BrN4O4S/c1-3-5-18(27)25-20(21(24)28)19(14-6-9-16(23)10-7-14)26-31(29,30)17-11-8-15(22)12-13(17)4-2/h6-12,19-20,26H,3-5,23H2,1-2H3,(H2,24,28)(H,25,27)/t19-,20-/m0/s1. The van der Waals surface area contributed by atoms with E-state index in [0.29, 0.717) is 29.7 Å². The first-order valence-electron chi connectivity index (χ1n) is 9.83. The second kappa shape index (κ2) is 10.7. The Morgan fingerprint density at radius 2 is 1.74 bits per heavy atom. The van der Waals surface area contributed by atoms with Crippen LogP contribution in [0.1, 0.15) is 43.9 Å². The van der Waals surface area contributed by atoms with Crippen LogP contribution in [0.2, 0.25) is 0 Å². The first-order valence-corrected chi connectivity index (χ1v) is 12.1. The molecular weight excluding hydrogens is 484 g/mol. The van der Waals surface area contributed by atoms with Crippen molar-refractivity contribution >= 4 is 43.5 Å². The SMILES string of the molecule is CCCC(=O)N[C@H](C(N)=O)[C@@H](NS(=O)(=O)c1ccc(Br)cc1CC)c1ccc(N)cc1. The molecule has 0 saturated heterocycles. The summed E-state index contributed by atoms with van der Waals surface area (Å²) < 4.78 is 29.9. The third-order valence-electron chi connectivity index (χ3n) is 4.70. The molecule has 0 radical (unpaired) electrons. The molecule has 0 aliphatic rings. The molecule has 2 aromatic rings. The Labute approximate surface area is 191 Å². The van der Waals surface area contributed by atoms with Gasteiger partial charge >= 0.3 is 0 Å². The van der Waals surface area contributed by atoms with Crippen molar-refractivity contribution in [3.05, 3.63) is 58.1 Å². The molecule has 10 heteroatoms. The van der Waals surface area contributed by atoms with Crippen LogP contribution in [-0.2, 0) is 26.0 Å². The number of hydrogen-bond acceptors (Lipinski definition) is 5. The molecule has 0 heterocycles. The lowest BCUT2D eigenvalue weighted by molar-refractivity contribution is -0.128. The molecule has 2 atom stereocenters. The van der Waals surface area contributed by atoms with Gasteiger partial charge in [-0.3, -0.25) is 9.59 Å². The second-order valence-electron chi connectivity index (χ2n) is 7.07. The summed E-state index contributed by atoms with van der Waals surface area (Å²) in [7, 11) is -4.07. The van der Waals surface area contributed by atoms with Gasteiger partial charge in [-0.15, -0.1) is 0 Å². The maximum atomic E-state index is 13.3. The molecule has 0 fully saturated rings. The van der Waals surface area contributed by atoms with E-state index in [2.05, 4.69) is 26.0 Å². The topological polar surface area (TPSA) is 144 Å². The number of anilines is 1. The Balaban J connectivity index is 2.53. The number of amides is 2. The average Bonchev–Trinajstić information content (AvgIpc) is 2.71. The summed E-state index contributed by atoms with van der Waals surface area (Å²) in [6.45, 7) is 3.66. The van der Waals surface area contributed by atoms with Crippen molar-refractivity contribution < 1.29 is 18.0 Å². The summed E-state index contributed by atoms with van der Waals surface area (Å²) in [6, 6.07) is 8.76. The molecule has 0 aromatic heterocycles. The fourth-order valence-corrected chi connectivity index (χ4v) is 5.08. The lowest BCUT2D eigenvalue weighted by Gasteiger charge is -2.27. The minimum absolute atomic E-state index is 0.0850. The molecule has 168 valence electrons. The number of benzene rings is 2. The summed E-state index contributed by atoms with van der Waals surface area (Å²) in [6.07, 6.45) is 1.22. The van der Waals surface area contributed by atoms with Crippen molar-refractivity contribution in [2.75, 3.05) is 5.73 Å². The van der Waals surface area contributed by atoms with Gasteiger partial charge in [-0.2, -0.15) is 0 Å². The molecule has 2 amide bonds. The Kier molecular flexibility index (Phi) is 8.60. The largest absolute Gasteiger partial charge is 0.399 e. The number of aryl methyl sites for hydroxylation is 1. The lowest BCUT2D eigenvalue weighted by atomic mass is 9.99. The number of rotatable bonds is 10. The van der Waals surface area contributed by atoms with Crippen LogP contribution < -0.4 is 21.5 Å². The van der Waals surface area contributed by atoms with E-state index in [0.717, 1.165) is 4.47 Å². The van der Waals surface area contributed by atoms with Gasteiger partial charge in [-0.05, 0) is 54.3 Å². The molecule has 0 unspecified atom stereocenters. The highest BCUT2D eigenvalue weighted by Crippen LogP contribution is 2.26. The van der Waals surface area contributed by atoms with Crippen LogP contribution in [0.15, 0.2) is 51.8 Å². The van der Waals surface area contributed by atoms with Crippen molar-refractivity contribution in [1.29, 1.82) is 0 Å². The third kappa shape index (κ3) is 6.52. The molecule has 6 N–H and O–H groups in total. The first-order chi connectivity index (χ1) is 14.6. The summed E-state index contributed by atoms with van der Waals surface area (Å²) in [4.78, 5) is 24.5. The highest BCUT2D eigenvalue weighted by molar-refractivity contribution is 9.10. The minimum Gasteiger partial charge on any atom is -0.399 e. The van der Waals surface area contributed by atoms with Crippen LogP contribution in [0.5, 0.6) is 0 Å². The van der Waals surface area contributed by atoms with Gasteiger partial charge < -0.3 is 16.8 Å². The number of nitrogen functional groups attached to an aromatic ring is 1. The monoisotopic (exact) mass is 510 g/mol. The third-order valence-corrected chi connectivity index (χ3v) is 6.74. The molecule has 8 nitrogen and oxygen atoms in total. The number of sulfonamides is 1. The zero-order valence-electron chi connectivity index (χ0n) is 17.4. The smallest absolute Gasteiger partial charge is 0.242 e. The van der Waals surface area contributed by atoms with Gasteiger partial charge in [-0.1, -0.05) is 41.9 Å². The van der Waals surface area contributed by atoms with E-state index in [1.54, 1.807) is 36.4 Å². The van der Waals surface area contributed by atoms with E-state index in [4.69, 9.17) is 11.5 Å². The van der Waals surface area contributed by atoms with E-state index in [9.17, 15) is 18.0 Å². The maximum absolute atomic E-state index is 13.3. The molecule has 0 aliphatic carbocycles. The number of carbonyl (C=O) groups is 2. The number of hydrogen-bond donors (Lipinski definition) is 4. The highest BCUT2D eigenvalue weighted by Gasteiger charge is 2.34. The van der Waals surface area contributed by atoms with Gasteiger partial charge in [0.25, 0.3) is 0 Å². The molecule has 0 aliphatic heterocycles. The van der Waals surface area contributed by atoms with Crippen molar-refractivity contribution in [1.82, 2.24) is 10.0 Å². The van der Waals surface area contributed by atoms with Gasteiger partial charge in [0, 0.05) is 16.6 Å². The number of nitrogens with one attached hydrogen (secondary N) is 2. The number of carbonyl (C=O) groups excluding carboxylic acids is 2. The summed E-state index contributed by atoms with van der Waals surface area (Å²) in [5, 5.41) is 2.56. The zero-order valence-corrected chi connectivity index (χ0v) is 19.8. The Hall–Kier alpha value is -2.43.